The Morgan fingerprint density at radius 2 is 1.93 bits per heavy atom. The smallest absolute Gasteiger partial charge is 0.320 e. The molecule has 4 aromatic rings. The third-order valence-electron chi connectivity index (χ3n) is 4.45. The first-order valence-electron chi connectivity index (χ1n) is 8.78. The number of anilines is 1. The lowest BCUT2D eigenvalue weighted by atomic mass is 10.1. The number of nitrogens with one attached hydrogen (secondary N) is 1. The van der Waals surface area contributed by atoms with Crippen molar-refractivity contribution in [3.05, 3.63) is 71.9 Å². The predicted octanol–water partition coefficient (Wildman–Crippen LogP) is 5.06. The zero-order chi connectivity index (χ0) is 20.5. The molecule has 1 amide bonds. The Labute approximate surface area is 169 Å². The number of nitrogens with zero attached hydrogens (tertiary/aromatic N) is 4. The van der Waals surface area contributed by atoms with Crippen LogP contribution in [0.5, 0.6) is 0 Å². The summed E-state index contributed by atoms with van der Waals surface area (Å²) in [5, 5.41) is 3.08. The van der Waals surface area contributed by atoms with Gasteiger partial charge in [-0.2, -0.15) is 8.78 Å². The van der Waals surface area contributed by atoms with E-state index in [2.05, 4.69) is 15.3 Å². The van der Waals surface area contributed by atoms with Crippen molar-refractivity contribution < 1.29 is 13.6 Å². The van der Waals surface area contributed by atoms with E-state index in [1.165, 1.54) is 12.4 Å². The van der Waals surface area contributed by atoms with Gasteiger partial charge in [0.05, 0.1) is 10.6 Å². The van der Waals surface area contributed by atoms with E-state index < -0.39 is 6.55 Å². The van der Waals surface area contributed by atoms with Gasteiger partial charge in [0.2, 0.25) is 0 Å². The average Bonchev–Trinajstić information content (AvgIpc) is 3.42. The number of amides is 1. The van der Waals surface area contributed by atoms with Gasteiger partial charge >= 0.3 is 6.55 Å². The highest BCUT2D eigenvalue weighted by molar-refractivity contribution is 7.19. The number of benzene rings is 1. The minimum absolute atomic E-state index is 0.126. The van der Waals surface area contributed by atoms with Gasteiger partial charge in [0.15, 0.2) is 11.0 Å². The molecule has 3 heterocycles. The molecular weight excluding hydrogens is 396 g/mol. The first kappa shape index (κ1) is 19.0. The molecule has 0 saturated heterocycles. The van der Waals surface area contributed by atoms with Crippen molar-refractivity contribution in [1.82, 2.24) is 19.1 Å². The maximum absolute atomic E-state index is 13.1. The summed E-state index contributed by atoms with van der Waals surface area (Å²) in [5.41, 5.74) is 2.93. The number of halogens is 2. The Bertz CT molecular complexity index is 1160. The van der Waals surface area contributed by atoms with E-state index in [0.717, 1.165) is 27.2 Å². The molecule has 0 radical (unpaired) electrons. The fourth-order valence-electron chi connectivity index (χ4n) is 3.00. The van der Waals surface area contributed by atoms with E-state index in [1.54, 1.807) is 19.1 Å². The summed E-state index contributed by atoms with van der Waals surface area (Å²) in [6, 6.07) is 9.24. The molecule has 0 fully saturated rings. The third kappa shape index (κ3) is 3.68. The molecule has 0 aliphatic heterocycles. The van der Waals surface area contributed by atoms with Crippen molar-refractivity contribution in [1.29, 1.82) is 0 Å². The Morgan fingerprint density at radius 1 is 1.17 bits per heavy atom. The molecule has 0 bridgehead atoms. The van der Waals surface area contributed by atoms with Crippen LogP contribution in [0.15, 0.2) is 55.1 Å². The van der Waals surface area contributed by atoms with E-state index in [-0.39, 0.29) is 11.7 Å². The molecule has 29 heavy (non-hydrogen) atoms. The maximum Gasteiger partial charge on any atom is 0.320 e. The van der Waals surface area contributed by atoms with E-state index in [1.807, 2.05) is 42.1 Å². The van der Waals surface area contributed by atoms with Gasteiger partial charge < -0.3 is 4.57 Å². The van der Waals surface area contributed by atoms with E-state index >= 15 is 0 Å². The lowest BCUT2D eigenvalue weighted by Gasteiger charge is -2.10. The van der Waals surface area contributed by atoms with Crippen molar-refractivity contribution in [2.24, 2.45) is 0 Å². The summed E-state index contributed by atoms with van der Waals surface area (Å²) < 4.78 is 29.0. The summed E-state index contributed by atoms with van der Waals surface area (Å²) in [5.74, 6) is -0.198. The molecule has 0 aliphatic carbocycles. The fraction of sp³-hybridized carbons (Fsp3) is 0.150. The molecule has 3 aromatic heterocycles. The van der Waals surface area contributed by atoms with Gasteiger partial charge in [0, 0.05) is 36.0 Å². The molecule has 148 valence electrons. The number of hydrogen-bond acceptors (Lipinski definition) is 4. The average molecular weight is 413 g/mol. The van der Waals surface area contributed by atoms with Crippen LogP contribution < -0.4 is 5.32 Å². The van der Waals surface area contributed by atoms with Crippen LogP contribution in [0.3, 0.4) is 0 Å². The molecule has 0 aliphatic rings. The Hall–Kier alpha value is -3.33. The number of carbonyl (C=O) groups is 1. The van der Waals surface area contributed by atoms with E-state index in [4.69, 9.17) is 0 Å². The maximum atomic E-state index is 13.1. The second-order valence-electron chi connectivity index (χ2n) is 6.42. The second kappa shape index (κ2) is 7.59. The highest BCUT2D eigenvalue weighted by atomic mass is 32.1. The number of carbonyl (C=O) groups excluding carboxylic acids is 1. The van der Waals surface area contributed by atoms with Gasteiger partial charge in [-0.15, -0.1) is 0 Å². The van der Waals surface area contributed by atoms with Crippen LogP contribution in [0.4, 0.5) is 13.9 Å². The molecule has 1 aromatic carbocycles. The zero-order valence-corrected chi connectivity index (χ0v) is 16.5. The number of aromatic nitrogens is 4. The molecule has 0 saturated carbocycles. The first-order chi connectivity index (χ1) is 13.9. The number of hydrogen-bond donors (Lipinski definition) is 1. The second-order valence-corrected chi connectivity index (χ2v) is 7.41. The topological polar surface area (TPSA) is 64.7 Å². The Balaban J connectivity index is 1.60. The van der Waals surface area contributed by atoms with E-state index in [9.17, 15) is 13.6 Å². The number of aryl methyl sites for hydroxylation is 2. The first-order valence-corrected chi connectivity index (χ1v) is 9.60. The number of rotatable bonds is 5. The van der Waals surface area contributed by atoms with Gasteiger partial charge in [-0.05, 0) is 43.7 Å². The van der Waals surface area contributed by atoms with Crippen LogP contribution >= 0.6 is 11.3 Å². The van der Waals surface area contributed by atoms with Gasteiger partial charge in [0.1, 0.15) is 0 Å². The van der Waals surface area contributed by atoms with Gasteiger partial charge in [-0.25, -0.2) is 9.97 Å². The quantitative estimate of drug-likeness (QED) is 0.497. The normalized spacial score (nSPS) is 11.2. The van der Waals surface area contributed by atoms with Crippen molar-refractivity contribution >= 4 is 22.4 Å². The Morgan fingerprint density at radius 3 is 2.66 bits per heavy atom. The van der Waals surface area contributed by atoms with Crippen molar-refractivity contribution in [3.63, 3.8) is 0 Å². The zero-order valence-electron chi connectivity index (χ0n) is 15.6. The standard InChI is InChI=1S/C20H17F2N5OS/c1-12-5-6-14(11-15(12)26-8-3-4-9-26)18(28)25-20-24-13(2)16(29-20)17-23-7-10-27(17)19(21)22/h3-11,19H,1-2H3,(H,24,25,28). The molecule has 0 unspecified atom stereocenters. The minimum atomic E-state index is -2.70. The molecule has 4 rings (SSSR count). The molecule has 1 N–H and O–H groups in total. The molecule has 6 nitrogen and oxygen atoms in total. The van der Waals surface area contributed by atoms with Crippen LogP contribution in [-0.4, -0.2) is 25.0 Å². The van der Waals surface area contributed by atoms with Crippen LogP contribution in [0.2, 0.25) is 0 Å². The van der Waals surface area contributed by atoms with Crippen molar-refractivity contribution in [2.45, 2.75) is 20.4 Å². The minimum Gasteiger partial charge on any atom is -0.324 e. The molecule has 9 heteroatoms. The van der Waals surface area contributed by atoms with Crippen LogP contribution in [0.25, 0.3) is 16.4 Å². The SMILES string of the molecule is Cc1ccc(C(=O)Nc2nc(C)c(-c3nccn3C(F)F)s2)cc1-n1cccc1. The van der Waals surface area contributed by atoms with Crippen LogP contribution in [-0.2, 0) is 0 Å². The largest absolute Gasteiger partial charge is 0.324 e. The van der Waals surface area contributed by atoms with Crippen LogP contribution in [0.1, 0.15) is 28.2 Å². The molecule has 0 spiro atoms. The van der Waals surface area contributed by atoms with Crippen molar-refractivity contribution in [2.75, 3.05) is 5.32 Å². The fourth-order valence-corrected chi connectivity index (χ4v) is 3.96. The highest BCUT2D eigenvalue weighted by Gasteiger charge is 2.20. The number of thiazole rings is 1. The van der Waals surface area contributed by atoms with E-state index in [0.29, 0.717) is 21.3 Å². The molecular formula is C20H17F2N5OS. The summed E-state index contributed by atoms with van der Waals surface area (Å²) in [7, 11) is 0. The number of imidazole rings is 1. The van der Waals surface area contributed by atoms with Gasteiger partial charge in [0.25, 0.3) is 5.91 Å². The van der Waals surface area contributed by atoms with Crippen LogP contribution in [0, 0.1) is 13.8 Å². The Kier molecular flexibility index (Phi) is 4.98. The number of alkyl halides is 2. The summed E-state index contributed by atoms with van der Waals surface area (Å²) in [6.45, 7) is 0.965. The monoisotopic (exact) mass is 413 g/mol. The summed E-state index contributed by atoms with van der Waals surface area (Å²) in [6.07, 6.45) is 6.34. The lowest BCUT2D eigenvalue weighted by molar-refractivity contribution is 0.0720. The molecule has 0 atom stereocenters. The van der Waals surface area contributed by atoms with Crippen molar-refractivity contribution in [3.8, 4) is 16.4 Å². The summed E-state index contributed by atoms with van der Waals surface area (Å²) >= 11 is 1.11. The lowest BCUT2D eigenvalue weighted by Crippen LogP contribution is -2.12. The van der Waals surface area contributed by atoms with Gasteiger partial charge in [-0.1, -0.05) is 17.4 Å². The predicted molar refractivity (Wildman–Crippen MR) is 108 cm³/mol. The third-order valence-corrected chi connectivity index (χ3v) is 5.52. The summed E-state index contributed by atoms with van der Waals surface area (Å²) in [4.78, 5) is 21.5. The highest BCUT2D eigenvalue weighted by Crippen LogP contribution is 2.33. The van der Waals surface area contributed by atoms with Gasteiger partial charge in [-0.3, -0.25) is 14.7 Å².